The Morgan fingerprint density at radius 2 is 1.12 bits per heavy atom. The fourth-order valence-corrected chi connectivity index (χ4v) is 1.94. The van der Waals surface area contributed by atoms with Gasteiger partial charge in [0, 0.05) is 0 Å². The van der Waals surface area contributed by atoms with Gasteiger partial charge in [0.15, 0.2) is 0 Å². The smallest absolute Gasteiger partial charge is 0.0751 e. The first-order valence-corrected chi connectivity index (χ1v) is 7.36. The molecular weight excluding hydrogens is 208 g/mol. The summed E-state index contributed by atoms with van der Waals surface area (Å²) in [4.78, 5) is 0. The molecule has 0 atom stereocenters. The molecule has 0 aliphatic rings. The number of hydrogen-bond donors (Lipinski definition) is 1. The highest BCUT2D eigenvalue weighted by atomic mass is 16.2. The maximum Gasteiger partial charge on any atom is 0.0751 e. The third kappa shape index (κ3) is 15.3. The van der Waals surface area contributed by atoms with Crippen molar-refractivity contribution < 1.29 is 5.11 Å². The van der Waals surface area contributed by atoms with Crippen LogP contribution in [0.4, 0.5) is 0 Å². The topological polar surface area (TPSA) is 20.2 Å². The number of aliphatic hydroxyl groups excluding tert-OH is 1. The molecule has 1 nitrogen and oxygen atoms in total. The van der Waals surface area contributed by atoms with Gasteiger partial charge >= 0.3 is 0 Å². The van der Waals surface area contributed by atoms with Gasteiger partial charge in [-0.2, -0.15) is 0 Å². The van der Waals surface area contributed by atoms with Crippen LogP contribution in [0.5, 0.6) is 0 Å². The summed E-state index contributed by atoms with van der Waals surface area (Å²) in [5.74, 6) is 0. The number of rotatable bonds is 12. The molecule has 0 amide bonds. The molecule has 0 aliphatic carbocycles. The second-order valence-electron chi connectivity index (χ2n) is 4.67. The van der Waals surface area contributed by atoms with Gasteiger partial charge < -0.3 is 5.11 Å². The molecule has 0 aromatic carbocycles. The molecule has 0 aliphatic heterocycles. The fraction of sp³-hybridized carbons (Fsp3) is 0.750. The van der Waals surface area contributed by atoms with E-state index in [0.717, 1.165) is 12.7 Å². The molecular formula is C16H30O. The summed E-state index contributed by atoms with van der Waals surface area (Å²) in [5, 5.41) is 8.46. The molecule has 0 spiro atoms. The van der Waals surface area contributed by atoms with E-state index in [-0.39, 0.29) is 0 Å². The number of hydrogen-bond acceptors (Lipinski definition) is 1. The Balaban J connectivity index is 2.96. The average Bonchev–Trinajstić information content (AvgIpc) is 2.35. The quantitative estimate of drug-likeness (QED) is 0.254. The van der Waals surface area contributed by atoms with Gasteiger partial charge in [-0.25, -0.2) is 0 Å². The molecule has 17 heavy (non-hydrogen) atoms. The van der Waals surface area contributed by atoms with Crippen molar-refractivity contribution in [1.82, 2.24) is 0 Å². The normalized spacial score (nSPS) is 11.8. The zero-order valence-electron chi connectivity index (χ0n) is 11.5. The number of unbranched alkanes of at least 4 members (excludes halogenated alkanes) is 9. The minimum Gasteiger partial charge on any atom is -0.516 e. The highest BCUT2D eigenvalue weighted by Crippen LogP contribution is 2.10. The monoisotopic (exact) mass is 238 g/mol. The van der Waals surface area contributed by atoms with E-state index in [1.165, 1.54) is 64.2 Å². The molecule has 0 radical (unpaired) electrons. The van der Waals surface area contributed by atoms with Crippen LogP contribution in [0.1, 0.15) is 77.6 Å². The standard InChI is InChI=1S/C16H30O/c1-2-3-4-5-6-7-8-9-10-11-12-13-14-15-16-17/h3-4,15-17H,2,5-14H2,1H3. The lowest BCUT2D eigenvalue weighted by Crippen LogP contribution is -1.81. The van der Waals surface area contributed by atoms with Gasteiger partial charge in [-0.15, -0.1) is 0 Å². The Hall–Kier alpha value is -0.720. The maximum absolute atomic E-state index is 8.46. The van der Waals surface area contributed by atoms with E-state index in [4.69, 9.17) is 5.11 Å². The van der Waals surface area contributed by atoms with Gasteiger partial charge in [0.2, 0.25) is 0 Å². The summed E-state index contributed by atoms with van der Waals surface area (Å²) in [6, 6.07) is 0. The first kappa shape index (κ1) is 16.3. The van der Waals surface area contributed by atoms with Gasteiger partial charge in [0.25, 0.3) is 0 Å². The van der Waals surface area contributed by atoms with Crippen molar-refractivity contribution in [3.05, 3.63) is 24.5 Å². The zero-order valence-corrected chi connectivity index (χ0v) is 11.5. The van der Waals surface area contributed by atoms with E-state index in [1.54, 1.807) is 0 Å². The van der Waals surface area contributed by atoms with Crippen molar-refractivity contribution in [2.75, 3.05) is 0 Å². The van der Waals surface area contributed by atoms with Gasteiger partial charge in [0.1, 0.15) is 0 Å². The van der Waals surface area contributed by atoms with Crippen molar-refractivity contribution in [3.63, 3.8) is 0 Å². The van der Waals surface area contributed by atoms with Crippen LogP contribution in [0.3, 0.4) is 0 Å². The molecule has 100 valence electrons. The second-order valence-corrected chi connectivity index (χ2v) is 4.67. The lowest BCUT2D eigenvalue weighted by atomic mass is 10.1. The Labute approximate surface area is 108 Å². The molecule has 0 unspecified atom stereocenters. The lowest BCUT2D eigenvalue weighted by molar-refractivity contribution is 0.469. The Kier molecular flexibility index (Phi) is 14.6. The fourth-order valence-electron chi connectivity index (χ4n) is 1.94. The van der Waals surface area contributed by atoms with E-state index in [0.29, 0.717) is 0 Å². The summed E-state index contributed by atoms with van der Waals surface area (Å²) >= 11 is 0. The first-order chi connectivity index (χ1) is 8.41. The molecule has 1 N–H and O–H groups in total. The van der Waals surface area contributed by atoms with Gasteiger partial charge in [-0.05, 0) is 32.1 Å². The number of aliphatic hydroxyl groups is 1. The summed E-state index contributed by atoms with van der Waals surface area (Å²) in [6.07, 6.45) is 21.9. The largest absolute Gasteiger partial charge is 0.516 e. The van der Waals surface area contributed by atoms with Crippen LogP contribution in [0.25, 0.3) is 0 Å². The van der Waals surface area contributed by atoms with Crippen LogP contribution in [-0.4, -0.2) is 5.11 Å². The molecule has 0 aromatic heterocycles. The van der Waals surface area contributed by atoms with Gasteiger partial charge in [-0.3, -0.25) is 0 Å². The van der Waals surface area contributed by atoms with Crippen LogP contribution in [0.15, 0.2) is 24.5 Å². The van der Waals surface area contributed by atoms with Crippen molar-refractivity contribution in [2.24, 2.45) is 0 Å². The van der Waals surface area contributed by atoms with Crippen LogP contribution >= 0.6 is 0 Å². The van der Waals surface area contributed by atoms with Gasteiger partial charge in [0.05, 0.1) is 6.26 Å². The van der Waals surface area contributed by atoms with E-state index in [2.05, 4.69) is 19.1 Å². The van der Waals surface area contributed by atoms with Crippen molar-refractivity contribution in [2.45, 2.75) is 77.6 Å². The summed E-state index contributed by atoms with van der Waals surface area (Å²) in [7, 11) is 0. The highest BCUT2D eigenvalue weighted by Gasteiger charge is 1.91. The molecule has 0 heterocycles. The second kappa shape index (κ2) is 15.3. The molecule has 1 heteroatoms. The van der Waals surface area contributed by atoms with E-state index >= 15 is 0 Å². The average molecular weight is 238 g/mol. The third-order valence-corrected chi connectivity index (χ3v) is 3.00. The maximum atomic E-state index is 8.46. The predicted molar refractivity (Wildman–Crippen MR) is 77.4 cm³/mol. The van der Waals surface area contributed by atoms with Gasteiger partial charge in [-0.1, -0.05) is 63.7 Å². The highest BCUT2D eigenvalue weighted by molar-refractivity contribution is 4.79. The SMILES string of the molecule is CCC=CCCCCCCCCCCC=CO. The van der Waals surface area contributed by atoms with E-state index < -0.39 is 0 Å². The summed E-state index contributed by atoms with van der Waals surface area (Å²) in [5.41, 5.74) is 0. The van der Waals surface area contributed by atoms with Crippen molar-refractivity contribution in [1.29, 1.82) is 0 Å². The minimum absolute atomic E-state index is 1.03. The lowest BCUT2D eigenvalue weighted by Gasteiger charge is -2.00. The molecule has 0 bridgehead atoms. The Morgan fingerprint density at radius 3 is 1.59 bits per heavy atom. The zero-order chi connectivity index (χ0) is 12.6. The van der Waals surface area contributed by atoms with Crippen LogP contribution < -0.4 is 0 Å². The molecule has 0 aromatic rings. The van der Waals surface area contributed by atoms with E-state index in [9.17, 15) is 0 Å². The minimum atomic E-state index is 1.03. The first-order valence-electron chi connectivity index (χ1n) is 7.36. The Bertz CT molecular complexity index is 182. The summed E-state index contributed by atoms with van der Waals surface area (Å²) < 4.78 is 0. The van der Waals surface area contributed by atoms with Crippen molar-refractivity contribution in [3.8, 4) is 0 Å². The molecule has 0 saturated heterocycles. The Morgan fingerprint density at radius 1 is 0.647 bits per heavy atom. The molecule has 0 fully saturated rings. The third-order valence-electron chi connectivity index (χ3n) is 3.00. The predicted octanol–water partition coefficient (Wildman–Crippen LogP) is 5.93. The number of allylic oxidation sites excluding steroid dienone is 3. The molecule has 0 rings (SSSR count). The van der Waals surface area contributed by atoms with Crippen molar-refractivity contribution >= 4 is 0 Å². The van der Waals surface area contributed by atoms with Crippen LogP contribution in [0, 0.1) is 0 Å². The molecule has 0 saturated carbocycles. The summed E-state index contributed by atoms with van der Waals surface area (Å²) in [6.45, 7) is 2.19. The van der Waals surface area contributed by atoms with E-state index in [1.807, 2.05) is 6.08 Å². The van der Waals surface area contributed by atoms with Crippen LogP contribution in [-0.2, 0) is 0 Å². The van der Waals surface area contributed by atoms with Crippen LogP contribution in [0.2, 0.25) is 0 Å².